The Hall–Kier alpha value is -2.74. The summed E-state index contributed by atoms with van der Waals surface area (Å²) in [5, 5.41) is 6.93. The maximum absolute atomic E-state index is 3.51. The molecule has 0 radical (unpaired) electrons. The summed E-state index contributed by atoms with van der Waals surface area (Å²) in [6.45, 7) is 6.35. The van der Waals surface area contributed by atoms with Gasteiger partial charge in [-0.05, 0) is 68.3 Å². The Labute approximate surface area is 138 Å². The zero-order valence-electron chi connectivity index (χ0n) is 13.9. The first kappa shape index (κ1) is 15.2. The highest BCUT2D eigenvalue weighted by atomic mass is 14.9. The molecule has 0 aromatic heterocycles. The molecule has 3 rings (SSSR count). The van der Waals surface area contributed by atoms with Gasteiger partial charge in [-0.2, -0.15) is 0 Å². The van der Waals surface area contributed by atoms with E-state index in [2.05, 4.69) is 98.1 Å². The van der Waals surface area contributed by atoms with Gasteiger partial charge in [-0.3, -0.25) is 0 Å². The molecule has 0 aliphatic carbocycles. The third-order valence-electron chi connectivity index (χ3n) is 3.98. The van der Waals surface area contributed by atoms with Gasteiger partial charge in [-0.15, -0.1) is 0 Å². The quantitative estimate of drug-likeness (QED) is 0.608. The van der Waals surface area contributed by atoms with Crippen LogP contribution in [0.1, 0.15) is 16.7 Å². The zero-order chi connectivity index (χ0) is 16.2. The summed E-state index contributed by atoms with van der Waals surface area (Å²) in [4.78, 5) is 0. The van der Waals surface area contributed by atoms with Crippen molar-refractivity contribution in [3.05, 3.63) is 83.4 Å². The minimum atomic E-state index is 1.08. The largest absolute Gasteiger partial charge is 0.356 e. The van der Waals surface area contributed by atoms with E-state index in [1.54, 1.807) is 0 Å². The van der Waals surface area contributed by atoms with Gasteiger partial charge < -0.3 is 10.6 Å². The number of rotatable bonds is 4. The van der Waals surface area contributed by atoms with Gasteiger partial charge in [0.15, 0.2) is 0 Å². The summed E-state index contributed by atoms with van der Waals surface area (Å²) in [5.74, 6) is 0. The van der Waals surface area contributed by atoms with Gasteiger partial charge in [-0.1, -0.05) is 35.9 Å². The van der Waals surface area contributed by atoms with E-state index in [0.29, 0.717) is 0 Å². The number of aryl methyl sites for hydroxylation is 3. The molecule has 2 heteroatoms. The molecule has 0 aliphatic rings. The molecule has 0 aliphatic heterocycles. The smallest absolute Gasteiger partial charge is 0.0443 e. The van der Waals surface area contributed by atoms with Gasteiger partial charge in [0.25, 0.3) is 0 Å². The van der Waals surface area contributed by atoms with Gasteiger partial charge >= 0.3 is 0 Å². The predicted octanol–water partition coefficient (Wildman–Crippen LogP) is 6.10. The summed E-state index contributed by atoms with van der Waals surface area (Å²) in [5.41, 5.74) is 8.25. The normalized spacial score (nSPS) is 10.4. The van der Waals surface area contributed by atoms with Crippen LogP contribution in [0.25, 0.3) is 0 Å². The monoisotopic (exact) mass is 302 g/mol. The van der Waals surface area contributed by atoms with Crippen LogP contribution in [0.5, 0.6) is 0 Å². The third kappa shape index (κ3) is 3.72. The molecule has 2 N–H and O–H groups in total. The zero-order valence-corrected chi connectivity index (χ0v) is 13.9. The first-order chi connectivity index (χ1) is 11.1. The Morgan fingerprint density at radius 3 is 1.48 bits per heavy atom. The molecule has 3 aromatic carbocycles. The molecule has 0 heterocycles. The van der Waals surface area contributed by atoms with Crippen LogP contribution in [0.15, 0.2) is 66.7 Å². The van der Waals surface area contributed by atoms with Crippen LogP contribution < -0.4 is 10.6 Å². The second-order valence-electron chi connectivity index (χ2n) is 5.96. The van der Waals surface area contributed by atoms with E-state index in [-0.39, 0.29) is 0 Å². The number of hydrogen-bond acceptors (Lipinski definition) is 2. The highest BCUT2D eigenvalue weighted by molar-refractivity contribution is 5.69. The van der Waals surface area contributed by atoms with Gasteiger partial charge in [0, 0.05) is 22.7 Å². The van der Waals surface area contributed by atoms with Crippen molar-refractivity contribution >= 4 is 22.7 Å². The van der Waals surface area contributed by atoms with Gasteiger partial charge in [0.05, 0.1) is 0 Å². The molecule has 3 aromatic rings. The van der Waals surface area contributed by atoms with Crippen LogP contribution in [0.3, 0.4) is 0 Å². The molecule has 0 amide bonds. The summed E-state index contributed by atoms with van der Waals surface area (Å²) in [6, 6.07) is 23.1. The average Bonchev–Trinajstić information content (AvgIpc) is 2.55. The molecule has 0 saturated heterocycles. The third-order valence-corrected chi connectivity index (χ3v) is 3.98. The van der Waals surface area contributed by atoms with Gasteiger partial charge in [0.2, 0.25) is 0 Å². The Morgan fingerprint density at radius 1 is 0.522 bits per heavy atom. The molecule has 0 atom stereocenters. The van der Waals surface area contributed by atoms with Crippen LogP contribution in [-0.2, 0) is 0 Å². The molecule has 0 bridgehead atoms. The van der Waals surface area contributed by atoms with E-state index in [1.807, 2.05) is 0 Å². The highest BCUT2D eigenvalue weighted by Gasteiger charge is 2.02. The number of anilines is 4. The van der Waals surface area contributed by atoms with E-state index in [0.717, 1.165) is 17.1 Å². The molecule has 0 unspecified atom stereocenters. The lowest BCUT2D eigenvalue weighted by Gasteiger charge is -2.13. The Morgan fingerprint density at radius 2 is 0.957 bits per heavy atom. The molecule has 23 heavy (non-hydrogen) atoms. The van der Waals surface area contributed by atoms with Crippen LogP contribution in [0, 0.1) is 20.8 Å². The molecular weight excluding hydrogens is 280 g/mol. The van der Waals surface area contributed by atoms with Crippen molar-refractivity contribution in [2.24, 2.45) is 0 Å². The lowest BCUT2D eigenvalue weighted by atomic mass is 10.1. The maximum atomic E-state index is 3.51. The minimum Gasteiger partial charge on any atom is -0.356 e. The van der Waals surface area contributed by atoms with E-state index >= 15 is 0 Å². The topological polar surface area (TPSA) is 24.1 Å². The van der Waals surface area contributed by atoms with Crippen molar-refractivity contribution < 1.29 is 0 Å². The average molecular weight is 302 g/mol. The summed E-state index contributed by atoms with van der Waals surface area (Å²) >= 11 is 0. The van der Waals surface area contributed by atoms with Crippen molar-refractivity contribution in [1.29, 1.82) is 0 Å². The summed E-state index contributed by atoms with van der Waals surface area (Å²) < 4.78 is 0. The van der Waals surface area contributed by atoms with Crippen molar-refractivity contribution in [3.63, 3.8) is 0 Å². The lowest BCUT2D eigenvalue weighted by molar-refractivity contribution is 1.36. The van der Waals surface area contributed by atoms with Crippen molar-refractivity contribution in [1.82, 2.24) is 0 Å². The van der Waals surface area contributed by atoms with E-state index < -0.39 is 0 Å². The number of nitrogens with one attached hydrogen (secondary N) is 2. The first-order valence-corrected chi connectivity index (χ1v) is 7.89. The van der Waals surface area contributed by atoms with E-state index in [4.69, 9.17) is 0 Å². The fourth-order valence-electron chi connectivity index (χ4n) is 2.60. The fourth-order valence-corrected chi connectivity index (χ4v) is 2.60. The number of para-hydroxylation sites is 1. The predicted molar refractivity (Wildman–Crippen MR) is 100 cm³/mol. The lowest BCUT2D eigenvalue weighted by Crippen LogP contribution is -1.96. The second-order valence-corrected chi connectivity index (χ2v) is 5.96. The minimum absolute atomic E-state index is 1.08. The highest BCUT2D eigenvalue weighted by Crippen LogP contribution is 2.26. The van der Waals surface area contributed by atoms with Crippen molar-refractivity contribution in [2.75, 3.05) is 10.6 Å². The second kappa shape index (κ2) is 6.57. The molecule has 2 nitrogen and oxygen atoms in total. The van der Waals surface area contributed by atoms with Crippen LogP contribution in [0.4, 0.5) is 22.7 Å². The van der Waals surface area contributed by atoms with Crippen LogP contribution >= 0.6 is 0 Å². The van der Waals surface area contributed by atoms with Gasteiger partial charge in [-0.25, -0.2) is 0 Å². The molecule has 0 spiro atoms. The summed E-state index contributed by atoms with van der Waals surface area (Å²) in [7, 11) is 0. The molecular formula is C21H22N2. The number of benzene rings is 3. The molecule has 0 saturated carbocycles. The first-order valence-electron chi connectivity index (χ1n) is 7.89. The van der Waals surface area contributed by atoms with Gasteiger partial charge in [0.1, 0.15) is 0 Å². The van der Waals surface area contributed by atoms with Crippen LogP contribution in [0.2, 0.25) is 0 Å². The fraction of sp³-hybridized carbons (Fsp3) is 0.143. The van der Waals surface area contributed by atoms with E-state index in [1.165, 1.54) is 22.4 Å². The number of hydrogen-bond donors (Lipinski definition) is 2. The molecule has 116 valence electrons. The van der Waals surface area contributed by atoms with E-state index in [9.17, 15) is 0 Å². The standard InChI is InChI=1S/C21H22N2/c1-15-7-9-18(10-8-15)22-19-11-13-20(14-12-19)23-21-16(2)5-4-6-17(21)3/h4-14,22-23H,1-3H3. The SMILES string of the molecule is Cc1ccc(Nc2ccc(Nc3c(C)cccc3C)cc2)cc1. The Balaban J connectivity index is 1.73. The maximum Gasteiger partial charge on any atom is 0.0443 e. The Kier molecular flexibility index (Phi) is 4.33. The summed E-state index contributed by atoms with van der Waals surface area (Å²) in [6.07, 6.45) is 0. The van der Waals surface area contributed by atoms with Crippen molar-refractivity contribution in [3.8, 4) is 0 Å². The van der Waals surface area contributed by atoms with Crippen molar-refractivity contribution in [2.45, 2.75) is 20.8 Å². The molecule has 0 fully saturated rings. The van der Waals surface area contributed by atoms with Crippen LogP contribution in [-0.4, -0.2) is 0 Å². The Bertz CT molecular complexity index is 767.